The van der Waals surface area contributed by atoms with Crippen LogP contribution in [-0.4, -0.2) is 8.42 Å². The monoisotopic (exact) mass is 305 g/mol. The molecular formula is C15H12ClNO2S. The van der Waals surface area contributed by atoms with Crippen molar-refractivity contribution in [2.45, 2.75) is 17.2 Å². The lowest BCUT2D eigenvalue weighted by Crippen LogP contribution is -2.11. The third-order valence-corrected chi connectivity index (χ3v) is 5.15. The third kappa shape index (κ3) is 2.69. The van der Waals surface area contributed by atoms with Gasteiger partial charge in [0.2, 0.25) is 0 Å². The van der Waals surface area contributed by atoms with E-state index in [1.807, 2.05) is 6.92 Å². The van der Waals surface area contributed by atoms with Gasteiger partial charge < -0.3 is 0 Å². The summed E-state index contributed by atoms with van der Waals surface area (Å²) < 4.78 is 25.1. The van der Waals surface area contributed by atoms with Gasteiger partial charge in [0.25, 0.3) is 9.84 Å². The molecule has 5 heteroatoms. The van der Waals surface area contributed by atoms with E-state index in [0.717, 1.165) is 5.56 Å². The quantitative estimate of drug-likeness (QED) is 0.803. The molecule has 2 aromatic carbocycles. The van der Waals surface area contributed by atoms with Gasteiger partial charge in [0.05, 0.1) is 15.5 Å². The first-order valence-electron chi connectivity index (χ1n) is 5.88. The van der Waals surface area contributed by atoms with Crippen LogP contribution in [0, 0.1) is 13.5 Å². The standard InChI is InChI=1S/C15H12ClNO2S/c1-11-7-9-12(10-8-11)20(18,19)15(17-2)13-5-3-4-6-14(13)16/h3-10,15H,1H3/t15-/m0/s1. The average Bonchev–Trinajstić information content (AvgIpc) is 2.42. The Morgan fingerprint density at radius 2 is 1.70 bits per heavy atom. The minimum atomic E-state index is -3.78. The van der Waals surface area contributed by atoms with Crippen LogP contribution in [0.5, 0.6) is 0 Å². The molecule has 2 aromatic rings. The Labute approximate surface area is 123 Å². The molecule has 0 spiro atoms. The molecule has 0 heterocycles. The maximum Gasteiger partial charge on any atom is 0.351 e. The minimum absolute atomic E-state index is 0.129. The van der Waals surface area contributed by atoms with Crippen LogP contribution in [0.1, 0.15) is 16.5 Å². The molecule has 0 unspecified atom stereocenters. The molecular weight excluding hydrogens is 294 g/mol. The average molecular weight is 306 g/mol. The Morgan fingerprint density at radius 3 is 2.25 bits per heavy atom. The van der Waals surface area contributed by atoms with Crippen LogP contribution in [0.15, 0.2) is 53.4 Å². The van der Waals surface area contributed by atoms with Gasteiger partial charge in [-0.15, -0.1) is 0 Å². The molecule has 1 atom stereocenters. The Kier molecular flexibility index (Phi) is 4.12. The first-order chi connectivity index (χ1) is 9.46. The number of nitrogens with zero attached hydrogens (tertiary/aromatic N) is 1. The number of aryl methyl sites for hydroxylation is 1. The van der Waals surface area contributed by atoms with Crippen molar-refractivity contribution in [1.82, 2.24) is 0 Å². The smallest absolute Gasteiger partial charge is 0.291 e. The second-order valence-corrected chi connectivity index (χ2v) is 6.78. The SMILES string of the molecule is [C-]#[N+][C@H](c1ccccc1Cl)S(=O)(=O)c1ccc(C)cc1. The predicted octanol–water partition coefficient (Wildman–Crippen LogP) is 4.04. The summed E-state index contributed by atoms with van der Waals surface area (Å²) in [6.45, 7) is 9.10. The van der Waals surface area contributed by atoms with E-state index in [1.165, 1.54) is 12.1 Å². The molecule has 0 saturated carbocycles. The fourth-order valence-corrected chi connectivity index (χ4v) is 3.59. The molecule has 0 aliphatic carbocycles. The summed E-state index contributed by atoms with van der Waals surface area (Å²) >= 11 is 6.01. The topological polar surface area (TPSA) is 38.5 Å². The summed E-state index contributed by atoms with van der Waals surface area (Å²) in [4.78, 5) is 3.40. The third-order valence-electron chi connectivity index (χ3n) is 2.93. The Balaban J connectivity index is 2.55. The lowest BCUT2D eigenvalue weighted by atomic mass is 10.2. The van der Waals surface area contributed by atoms with Crippen molar-refractivity contribution in [2.75, 3.05) is 0 Å². The fourth-order valence-electron chi connectivity index (χ4n) is 1.84. The van der Waals surface area contributed by atoms with E-state index >= 15 is 0 Å². The highest BCUT2D eigenvalue weighted by Crippen LogP contribution is 2.34. The van der Waals surface area contributed by atoms with Gasteiger partial charge in [-0.05, 0) is 31.2 Å². The molecule has 102 valence electrons. The van der Waals surface area contributed by atoms with Crippen LogP contribution in [0.3, 0.4) is 0 Å². The van der Waals surface area contributed by atoms with Gasteiger partial charge in [-0.3, -0.25) is 4.85 Å². The van der Waals surface area contributed by atoms with E-state index in [1.54, 1.807) is 36.4 Å². The first-order valence-corrected chi connectivity index (χ1v) is 7.81. The van der Waals surface area contributed by atoms with E-state index in [0.29, 0.717) is 5.56 Å². The maximum atomic E-state index is 12.6. The summed E-state index contributed by atoms with van der Waals surface area (Å²) in [5, 5.41) is -1.04. The molecule has 0 bridgehead atoms. The van der Waals surface area contributed by atoms with Crippen LogP contribution in [0.25, 0.3) is 4.85 Å². The van der Waals surface area contributed by atoms with Gasteiger partial charge in [0.1, 0.15) is 0 Å². The summed E-state index contributed by atoms with van der Waals surface area (Å²) in [7, 11) is -3.78. The van der Waals surface area contributed by atoms with Gasteiger partial charge in [0, 0.05) is 0 Å². The summed E-state index contributed by atoms with van der Waals surface area (Å²) in [5.41, 5.74) is 1.27. The zero-order chi connectivity index (χ0) is 14.8. The van der Waals surface area contributed by atoms with Crippen LogP contribution in [0.2, 0.25) is 5.02 Å². The molecule has 0 saturated heterocycles. The number of hydrogen-bond donors (Lipinski definition) is 0. The Bertz CT molecular complexity index is 761. The number of rotatable bonds is 3. The number of hydrogen-bond acceptors (Lipinski definition) is 2. The van der Waals surface area contributed by atoms with Gasteiger partial charge >= 0.3 is 5.37 Å². The molecule has 3 nitrogen and oxygen atoms in total. The van der Waals surface area contributed by atoms with Crippen LogP contribution >= 0.6 is 11.6 Å². The lowest BCUT2D eigenvalue weighted by molar-refractivity contribution is 0.590. The van der Waals surface area contributed by atoms with Gasteiger partial charge in [-0.2, -0.15) is 0 Å². The highest BCUT2D eigenvalue weighted by atomic mass is 35.5. The van der Waals surface area contributed by atoms with E-state index in [2.05, 4.69) is 4.85 Å². The van der Waals surface area contributed by atoms with Gasteiger partial charge in [-0.25, -0.2) is 15.0 Å². The van der Waals surface area contributed by atoms with E-state index in [-0.39, 0.29) is 9.92 Å². The lowest BCUT2D eigenvalue weighted by Gasteiger charge is -2.09. The molecule has 2 rings (SSSR count). The molecule has 0 aromatic heterocycles. The summed E-state index contributed by atoms with van der Waals surface area (Å²) in [6.07, 6.45) is 0. The van der Waals surface area contributed by atoms with Crippen molar-refractivity contribution >= 4 is 21.4 Å². The number of benzene rings is 2. The molecule has 0 aliphatic rings. The van der Waals surface area contributed by atoms with Crippen molar-refractivity contribution in [2.24, 2.45) is 0 Å². The molecule has 0 N–H and O–H groups in total. The Hall–Kier alpha value is -1.83. The minimum Gasteiger partial charge on any atom is -0.291 e. The second-order valence-electron chi connectivity index (χ2n) is 4.36. The van der Waals surface area contributed by atoms with Gasteiger partial charge in [0.15, 0.2) is 0 Å². The summed E-state index contributed by atoms with van der Waals surface area (Å²) in [6, 6.07) is 13.0. The van der Waals surface area contributed by atoms with Crippen molar-refractivity contribution in [3.63, 3.8) is 0 Å². The van der Waals surface area contributed by atoms with Crippen LogP contribution in [-0.2, 0) is 9.84 Å². The number of halogens is 1. The van der Waals surface area contributed by atoms with Crippen molar-refractivity contribution in [1.29, 1.82) is 0 Å². The zero-order valence-corrected chi connectivity index (χ0v) is 12.3. The van der Waals surface area contributed by atoms with Crippen molar-refractivity contribution < 1.29 is 8.42 Å². The van der Waals surface area contributed by atoms with Crippen LogP contribution < -0.4 is 0 Å². The van der Waals surface area contributed by atoms with E-state index < -0.39 is 15.2 Å². The number of sulfone groups is 1. The second kappa shape index (κ2) is 5.66. The zero-order valence-electron chi connectivity index (χ0n) is 10.7. The van der Waals surface area contributed by atoms with Crippen molar-refractivity contribution in [3.05, 3.63) is 76.1 Å². The van der Waals surface area contributed by atoms with E-state index in [4.69, 9.17) is 18.2 Å². The first kappa shape index (κ1) is 14.6. The molecule has 0 aliphatic heterocycles. The normalized spacial score (nSPS) is 12.7. The molecule has 0 amide bonds. The van der Waals surface area contributed by atoms with Crippen molar-refractivity contribution in [3.8, 4) is 0 Å². The fraction of sp³-hybridized carbons (Fsp3) is 0.133. The summed E-state index contributed by atoms with van der Waals surface area (Å²) in [5.74, 6) is 0. The largest absolute Gasteiger partial charge is 0.351 e. The highest BCUT2D eigenvalue weighted by Gasteiger charge is 2.35. The van der Waals surface area contributed by atoms with E-state index in [9.17, 15) is 8.42 Å². The van der Waals surface area contributed by atoms with Gasteiger partial charge in [-0.1, -0.05) is 41.4 Å². The maximum absolute atomic E-state index is 12.6. The molecule has 20 heavy (non-hydrogen) atoms. The van der Waals surface area contributed by atoms with Crippen LogP contribution in [0.4, 0.5) is 0 Å². The highest BCUT2D eigenvalue weighted by molar-refractivity contribution is 7.91. The molecule has 0 radical (unpaired) electrons. The Morgan fingerprint density at radius 1 is 1.10 bits per heavy atom. The molecule has 0 fully saturated rings. The predicted molar refractivity (Wildman–Crippen MR) is 79.2 cm³/mol.